The molecule has 0 saturated carbocycles. The topological polar surface area (TPSA) is 68.7 Å². The van der Waals surface area contributed by atoms with Gasteiger partial charge < -0.3 is 9.15 Å². The standard InChI is InChI=1S/C20H19N5O2/c1-3-15(11-21-7-1)16-5-6-18-20(22-23-25(18)12-16)19-14-24(8-10-27-19)13-17-4-2-9-26-17/h1-7,9,11-12,19H,8,10,13-14H2/t19-/m0/s1. The van der Waals surface area contributed by atoms with Crippen LogP contribution < -0.4 is 0 Å². The van der Waals surface area contributed by atoms with Crippen molar-refractivity contribution in [2.24, 2.45) is 0 Å². The SMILES string of the molecule is c1cncc(-c2ccc3c([C@@H]4CN(Cc5ccco5)CCO4)nnn3c2)c1. The summed E-state index contributed by atoms with van der Waals surface area (Å²) in [7, 11) is 0. The van der Waals surface area contributed by atoms with Crippen molar-refractivity contribution in [3.63, 3.8) is 0 Å². The van der Waals surface area contributed by atoms with Crippen molar-refractivity contribution in [3.05, 3.63) is 72.7 Å². The Morgan fingerprint density at radius 2 is 2.11 bits per heavy atom. The summed E-state index contributed by atoms with van der Waals surface area (Å²) in [5, 5.41) is 8.72. The molecule has 0 aromatic carbocycles. The number of morpholine rings is 1. The summed E-state index contributed by atoms with van der Waals surface area (Å²) in [6.45, 7) is 3.08. The predicted molar refractivity (Wildman–Crippen MR) is 98.9 cm³/mol. The lowest BCUT2D eigenvalue weighted by Gasteiger charge is -2.31. The highest BCUT2D eigenvalue weighted by Crippen LogP contribution is 2.27. The van der Waals surface area contributed by atoms with Crippen LogP contribution in [0.4, 0.5) is 0 Å². The maximum atomic E-state index is 6.00. The lowest BCUT2D eigenvalue weighted by Crippen LogP contribution is -2.37. The zero-order chi connectivity index (χ0) is 18.1. The minimum atomic E-state index is -0.101. The summed E-state index contributed by atoms with van der Waals surface area (Å²) >= 11 is 0. The Bertz CT molecular complexity index is 1030. The average Bonchev–Trinajstić information content (AvgIpc) is 3.38. The van der Waals surface area contributed by atoms with Crippen LogP contribution >= 0.6 is 0 Å². The molecule has 5 heterocycles. The highest BCUT2D eigenvalue weighted by molar-refractivity contribution is 5.65. The molecule has 1 fully saturated rings. The zero-order valence-corrected chi connectivity index (χ0v) is 14.7. The zero-order valence-electron chi connectivity index (χ0n) is 14.7. The van der Waals surface area contributed by atoms with Crippen molar-refractivity contribution in [1.29, 1.82) is 0 Å². The monoisotopic (exact) mass is 361 g/mol. The lowest BCUT2D eigenvalue weighted by molar-refractivity contribution is -0.0360. The number of ether oxygens (including phenoxy) is 1. The number of hydrogen-bond donors (Lipinski definition) is 0. The van der Waals surface area contributed by atoms with Crippen LogP contribution in [0.2, 0.25) is 0 Å². The lowest BCUT2D eigenvalue weighted by atomic mass is 10.1. The Balaban J connectivity index is 1.39. The fraction of sp³-hybridized carbons (Fsp3) is 0.250. The van der Waals surface area contributed by atoms with Crippen LogP contribution in [0.3, 0.4) is 0 Å². The average molecular weight is 361 g/mol. The molecule has 0 N–H and O–H groups in total. The minimum Gasteiger partial charge on any atom is -0.468 e. The van der Waals surface area contributed by atoms with Gasteiger partial charge in [0.15, 0.2) is 0 Å². The van der Waals surface area contributed by atoms with Gasteiger partial charge in [0.25, 0.3) is 0 Å². The summed E-state index contributed by atoms with van der Waals surface area (Å²) in [5.41, 5.74) is 3.94. The van der Waals surface area contributed by atoms with Gasteiger partial charge in [0.05, 0.1) is 24.9 Å². The highest BCUT2D eigenvalue weighted by atomic mass is 16.5. The van der Waals surface area contributed by atoms with Crippen molar-refractivity contribution in [2.45, 2.75) is 12.6 Å². The Morgan fingerprint density at radius 1 is 1.11 bits per heavy atom. The normalized spacial score (nSPS) is 18.1. The number of hydrogen-bond acceptors (Lipinski definition) is 6. The van der Waals surface area contributed by atoms with E-state index in [2.05, 4.69) is 26.3 Å². The molecule has 27 heavy (non-hydrogen) atoms. The fourth-order valence-electron chi connectivity index (χ4n) is 3.48. The van der Waals surface area contributed by atoms with E-state index in [1.807, 2.05) is 47.2 Å². The molecular formula is C20H19N5O2. The first-order valence-electron chi connectivity index (χ1n) is 8.98. The molecule has 0 spiro atoms. The van der Waals surface area contributed by atoms with Crippen LogP contribution in [0.1, 0.15) is 17.6 Å². The Morgan fingerprint density at radius 3 is 2.96 bits per heavy atom. The molecule has 0 bridgehead atoms. The fourth-order valence-corrected chi connectivity index (χ4v) is 3.48. The number of rotatable bonds is 4. The predicted octanol–water partition coefficient (Wildman–Crippen LogP) is 2.96. The maximum absolute atomic E-state index is 6.00. The molecule has 1 saturated heterocycles. The molecule has 0 unspecified atom stereocenters. The maximum Gasteiger partial charge on any atom is 0.121 e. The molecule has 5 rings (SSSR count). The summed E-state index contributed by atoms with van der Waals surface area (Å²) < 4.78 is 13.3. The Labute approximate surface area is 156 Å². The molecule has 0 aliphatic carbocycles. The van der Waals surface area contributed by atoms with Crippen LogP contribution in [0.15, 0.2) is 65.7 Å². The van der Waals surface area contributed by atoms with E-state index in [1.54, 1.807) is 12.5 Å². The molecule has 1 aliphatic rings. The first-order chi connectivity index (χ1) is 13.4. The quantitative estimate of drug-likeness (QED) is 0.557. The van der Waals surface area contributed by atoms with Crippen LogP contribution in [0, 0.1) is 0 Å². The third-order valence-electron chi connectivity index (χ3n) is 4.85. The van der Waals surface area contributed by atoms with Gasteiger partial charge in [-0.1, -0.05) is 17.3 Å². The Hall–Kier alpha value is -3.03. The van der Waals surface area contributed by atoms with Gasteiger partial charge in [0.1, 0.15) is 17.6 Å². The molecule has 4 aromatic heterocycles. The van der Waals surface area contributed by atoms with Gasteiger partial charge in [-0.15, -0.1) is 5.10 Å². The van der Waals surface area contributed by atoms with E-state index in [9.17, 15) is 0 Å². The smallest absolute Gasteiger partial charge is 0.121 e. The molecule has 4 aromatic rings. The van der Waals surface area contributed by atoms with E-state index in [-0.39, 0.29) is 6.10 Å². The van der Waals surface area contributed by atoms with Crippen molar-refractivity contribution in [1.82, 2.24) is 24.7 Å². The number of pyridine rings is 2. The molecule has 0 amide bonds. The third kappa shape index (κ3) is 3.22. The van der Waals surface area contributed by atoms with Crippen LogP contribution in [-0.2, 0) is 11.3 Å². The van der Waals surface area contributed by atoms with Gasteiger partial charge in [-0.05, 0) is 24.3 Å². The van der Waals surface area contributed by atoms with E-state index in [4.69, 9.17) is 9.15 Å². The highest BCUT2D eigenvalue weighted by Gasteiger charge is 2.26. The summed E-state index contributed by atoms with van der Waals surface area (Å²) in [6, 6.07) is 12.0. The van der Waals surface area contributed by atoms with Crippen molar-refractivity contribution in [3.8, 4) is 11.1 Å². The summed E-state index contributed by atoms with van der Waals surface area (Å²) in [5.74, 6) is 0.963. The van der Waals surface area contributed by atoms with Crippen LogP contribution in [-0.4, -0.2) is 44.4 Å². The van der Waals surface area contributed by atoms with Crippen molar-refractivity contribution in [2.75, 3.05) is 19.7 Å². The van der Waals surface area contributed by atoms with Gasteiger partial charge in [0, 0.05) is 42.8 Å². The second-order valence-corrected chi connectivity index (χ2v) is 6.64. The van der Waals surface area contributed by atoms with Crippen molar-refractivity contribution >= 4 is 5.52 Å². The molecule has 0 radical (unpaired) electrons. The molecule has 7 nitrogen and oxygen atoms in total. The van der Waals surface area contributed by atoms with Crippen molar-refractivity contribution < 1.29 is 9.15 Å². The molecule has 136 valence electrons. The van der Waals surface area contributed by atoms with Crippen LogP contribution in [0.25, 0.3) is 16.6 Å². The number of furan rings is 1. The third-order valence-corrected chi connectivity index (χ3v) is 4.85. The van der Waals surface area contributed by atoms with E-state index in [0.717, 1.165) is 47.7 Å². The first kappa shape index (κ1) is 16.2. The molecule has 1 atom stereocenters. The Kier molecular flexibility index (Phi) is 4.16. The van der Waals surface area contributed by atoms with Gasteiger partial charge >= 0.3 is 0 Å². The second-order valence-electron chi connectivity index (χ2n) is 6.64. The van der Waals surface area contributed by atoms with E-state index in [0.29, 0.717) is 6.61 Å². The largest absolute Gasteiger partial charge is 0.468 e. The van der Waals surface area contributed by atoms with Gasteiger partial charge in [-0.25, -0.2) is 4.52 Å². The van der Waals surface area contributed by atoms with Gasteiger partial charge in [-0.2, -0.15) is 0 Å². The first-order valence-corrected chi connectivity index (χ1v) is 8.98. The molecule has 1 aliphatic heterocycles. The van der Waals surface area contributed by atoms with Gasteiger partial charge in [-0.3, -0.25) is 9.88 Å². The summed E-state index contributed by atoms with van der Waals surface area (Å²) in [6.07, 6.45) is 7.20. The van der Waals surface area contributed by atoms with Crippen LogP contribution in [0.5, 0.6) is 0 Å². The van der Waals surface area contributed by atoms with Gasteiger partial charge in [0.2, 0.25) is 0 Å². The number of nitrogens with zero attached hydrogens (tertiary/aromatic N) is 5. The van der Waals surface area contributed by atoms with E-state index in [1.165, 1.54) is 0 Å². The molecular weight excluding hydrogens is 342 g/mol. The number of aromatic nitrogens is 4. The van der Waals surface area contributed by atoms with E-state index >= 15 is 0 Å². The van der Waals surface area contributed by atoms with E-state index < -0.39 is 0 Å². The summed E-state index contributed by atoms with van der Waals surface area (Å²) in [4.78, 5) is 6.50. The number of fused-ring (bicyclic) bond motifs is 1. The minimum absolute atomic E-state index is 0.101. The molecule has 7 heteroatoms. The second kappa shape index (κ2) is 6.94.